The molecule has 1 unspecified atom stereocenters. The standard InChI is InChI=1S/C14H17N5/c1-9-5-6-15-14(18-9)13(11-3-4-11)19-12-7-10(2)16-8-17-12/h5-8,11,13H,3-4H2,1-2H3,(H,16,17,19). The molecular weight excluding hydrogens is 238 g/mol. The molecular formula is C14H17N5. The van der Waals surface area contributed by atoms with Crippen molar-refractivity contribution in [3.05, 3.63) is 41.9 Å². The molecule has 5 nitrogen and oxygen atoms in total. The van der Waals surface area contributed by atoms with Crippen LogP contribution in [0.1, 0.15) is 36.1 Å². The van der Waals surface area contributed by atoms with Gasteiger partial charge in [0.2, 0.25) is 0 Å². The van der Waals surface area contributed by atoms with Gasteiger partial charge in [0, 0.05) is 23.7 Å². The number of nitrogens with zero attached hydrogens (tertiary/aromatic N) is 4. The molecule has 98 valence electrons. The van der Waals surface area contributed by atoms with Gasteiger partial charge in [0.15, 0.2) is 5.82 Å². The summed E-state index contributed by atoms with van der Waals surface area (Å²) < 4.78 is 0. The van der Waals surface area contributed by atoms with E-state index in [4.69, 9.17) is 0 Å². The highest BCUT2D eigenvalue weighted by Gasteiger charge is 2.34. The fourth-order valence-corrected chi connectivity index (χ4v) is 2.13. The van der Waals surface area contributed by atoms with Crippen LogP contribution in [0.15, 0.2) is 24.7 Å². The van der Waals surface area contributed by atoms with Crippen LogP contribution in [-0.4, -0.2) is 19.9 Å². The molecule has 1 saturated carbocycles. The molecule has 0 saturated heterocycles. The molecule has 1 fully saturated rings. The summed E-state index contributed by atoms with van der Waals surface area (Å²) in [4.78, 5) is 17.3. The van der Waals surface area contributed by atoms with Gasteiger partial charge in [-0.15, -0.1) is 0 Å². The van der Waals surface area contributed by atoms with E-state index in [2.05, 4.69) is 25.3 Å². The molecule has 1 N–H and O–H groups in total. The fourth-order valence-electron chi connectivity index (χ4n) is 2.13. The highest BCUT2D eigenvalue weighted by Crippen LogP contribution is 2.41. The quantitative estimate of drug-likeness (QED) is 0.909. The number of hydrogen-bond donors (Lipinski definition) is 1. The van der Waals surface area contributed by atoms with E-state index >= 15 is 0 Å². The Kier molecular flexibility index (Phi) is 3.11. The highest BCUT2D eigenvalue weighted by molar-refractivity contribution is 5.37. The monoisotopic (exact) mass is 255 g/mol. The molecule has 0 aliphatic heterocycles. The van der Waals surface area contributed by atoms with Crippen LogP contribution < -0.4 is 5.32 Å². The Hall–Kier alpha value is -2.04. The van der Waals surface area contributed by atoms with Gasteiger partial charge in [0.25, 0.3) is 0 Å². The predicted molar refractivity (Wildman–Crippen MR) is 72.6 cm³/mol. The zero-order chi connectivity index (χ0) is 13.2. The van der Waals surface area contributed by atoms with Crippen LogP contribution in [0.4, 0.5) is 5.82 Å². The third kappa shape index (κ3) is 2.86. The number of aryl methyl sites for hydroxylation is 2. The Bertz CT molecular complexity index is 580. The minimum Gasteiger partial charge on any atom is -0.360 e. The molecule has 0 radical (unpaired) electrons. The Morgan fingerprint density at radius 1 is 1.16 bits per heavy atom. The summed E-state index contributed by atoms with van der Waals surface area (Å²) in [5.74, 6) is 2.31. The van der Waals surface area contributed by atoms with Gasteiger partial charge < -0.3 is 5.32 Å². The van der Waals surface area contributed by atoms with E-state index in [-0.39, 0.29) is 6.04 Å². The van der Waals surface area contributed by atoms with E-state index in [0.29, 0.717) is 5.92 Å². The molecule has 1 aliphatic carbocycles. The minimum absolute atomic E-state index is 0.147. The molecule has 1 atom stereocenters. The van der Waals surface area contributed by atoms with Crippen LogP contribution >= 0.6 is 0 Å². The molecule has 0 aromatic carbocycles. The highest BCUT2D eigenvalue weighted by atomic mass is 15.1. The average Bonchev–Trinajstić information content (AvgIpc) is 3.20. The van der Waals surface area contributed by atoms with Crippen molar-refractivity contribution in [2.75, 3.05) is 5.32 Å². The maximum atomic E-state index is 4.54. The Balaban J connectivity index is 1.86. The van der Waals surface area contributed by atoms with E-state index in [1.165, 1.54) is 12.8 Å². The van der Waals surface area contributed by atoms with E-state index < -0.39 is 0 Å². The molecule has 2 aromatic heterocycles. The second kappa shape index (κ2) is 4.91. The molecule has 0 bridgehead atoms. The lowest BCUT2D eigenvalue weighted by Crippen LogP contribution is -2.17. The van der Waals surface area contributed by atoms with Crippen molar-refractivity contribution < 1.29 is 0 Å². The van der Waals surface area contributed by atoms with Crippen molar-refractivity contribution >= 4 is 5.82 Å². The molecule has 0 spiro atoms. The van der Waals surface area contributed by atoms with Crippen LogP contribution in [-0.2, 0) is 0 Å². The first-order valence-electron chi connectivity index (χ1n) is 6.57. The minimum atomic E-state index is 0.147. The summed E-state index contributed by atoms with van der Waals surface area (Å²) in [6.07, 6.45) is 5.84. The second-order valence-electron chi connectivity index (χ2n) is 5.06. The number of hydrogen-bond acceptors (Lipinski definition) is 5. The first-order valence-corrected chi connectivity index (χ1v) is 6.57. The van der Waals surface area contributed by atoms with Crippen LogP contribution in [0.5, 0.6) is 0 Å². The van der Waals surface area contributed by atoms with Crippen molar-refractivity contribution in [2.24, 2.45) is 5.92 Å². The molecule has 2 heterocycles. The average molecular weight is 255 g/mol. The summed E-state index contributed by atoms with van der Waals surface area (Å²) in [5, 5.41) is 3.45. The van der Waals surface area contributed by atoms with Crippen molar-refractivity contribution in [1.82, 2.24) is 19.9 Å². The molecule has 1 aliphatic rings. The van der Waals surface area contributed by atoms with E-state index in [1.807, 2.05) is 32.2 Å². The summed E-state index contributed by atoms with van der Waals surface area (Å²) in [6.45, 7) is 3.95. The van der Waals surface area contributed by atoms with E-state index in [9.17, 15) is 0 Å². The van der Waals surface area contributed by atoms with Crippen molar-refractivity contribution in [2.45, 2.75) is 32.7 Å². The van der Waals surface area contributed by atoms with Gasteiger partial charge in [-0.3, -0.25) is 0 Å². The first-order chi connectivity index (χ1) is 9.22. The maximum Gasteiger partial charge on any atom is 0.151 e. The maximum absolute atomic E-state index is 4.54. The molecule has 5 heteroatoms. The zero-order valence-electron chi connectivity index (χ0n) is 11.2. The molecule has 0 amide bonds. The van der Waals surface area contributed by atoms with Crippen molar-refractivity contribution in [3.8, 4) is 0 Å². The third-order valence-electron chi connectivity index (χ3n) is 3.29. The van der Waals surface area contributed by atoms with Gasteiger partial charge in [0.1, 0.15) is 12.1 Å². The van der Waals surface area contributed by atoms with Crippen LogP contribution in [0.3, 0.4) is 0 Å². The fraction of sp³-hybridized carbons (Fsp3) is 0.429. The van der Waals surface area contributed by atoms with Gasteiger partial charge in [0.05, 0.1) is 6.04 Å². The predicted octanol–water partition coefficient (Wildman–Crippen LogP) is 2.45. The van der Waals surface area contributed by atoms with Crippen LogP contribution in [0.2, 0.25) is 0 Å². The number of anilines is 1. The van der Waals surface area contributed by atoms with E-state index in [1.54, 1.807) is 6.33 Å². The number of rotatable bonds is 4. The largest absolute Gasteiger partial charge is 0.360 e. The summed E-state index contributed by atoms with van der Waals surface area (Å²) >= 11 is 0. The lowest BCUT2D eigenvalue weighted by atomic mass is 10.1. The topological polar surface area (TPSA) is 63.6 Å². The summed E-state index contributed by atoms with van der Waals surface area (Å²) in [6, 6.07) is 4.02. The number of nitrogens with one attached hydrogen (secondary N) is 1. The molecule has 2 aromatic rings. The van der Waals surface area contributed by atoms with Gasteiger partial charge >= 0.3 is 0 Å². The van der Waals surface area contributed by atoms with Crippen molar-refractivity contribution in [1.29, 1.82) is 0 Å². The SMILES string of the molecule is Cc1cc(NC(c2nccc(C)n2)C2CC2)ncn1. The lowest BCUT2D eigenvalue weighted by molar-refractivity contribution is 0.628. The lowest BCUT2D eigenvalue weighted by Gasteiger charge is -2.17. The van der Waals surface area contributed by atoms with Gasteiger partial charge in [-0.25, -0.2) is 19.9 Å². The Labute approximate surface area is 112 Å². The van der Waals surface area contributed by atoms with Crippen LogP contribution in [0, 0.1) is 19.8 Å². The summed E-state index contributed by atoms with van der Waals surface area (Å²) in [7, 11) is 0. The van der Waals surface area contributed by atoms with Gasteiger partial charge in [-0.1, -0.05) is 0 Å². The summed E-state index contributed by atoms with van der Waals surface area (Å²) in [5.41, 5.74) is 1.95. The normalized spacial score (nSPS) is 16.1. The first kappa shape index (κ1) is 12.0. The molecule has 19 heavy (non-hydrogen) atoms. The van der Waals surface area contributed by atoms with E-state index in [0.717, 1.165) is 23.0 Å². The zero-order valence-corrected chi connectivity index (χ0v) is 11.2. The second-order valence-corrected chi connectivity index (χ2v) is 5.06. The van der Waals surface area contributed by atoms with Crippen LogP contribution in [0.25, 0.3) is 0 Å². The van der Waals surface area contributed by atoms with Gasteiger partial charge in [-0.2, -0.15) is 0 Å². The number of aromatic nitrogens is 4. The third-order valence-corrected chi connectivity index (χ3v) is 3.29. The Morgan fingerprint density at radius 2 is 2.00 bits per heavy atom. The Morgan fingerprint density at radius 3 is 2.68 bits per heavy atom. The van der Waals surface area contributed by atoms with Gasteiger partial charge in [-0.05, 0) is 38.7 Å². The molecule has 3 rings (SSSR count). The smallest absolute Gasteiger partial charge is 0.151 e. The van der Waals surface area contributed by atoms with Crippen molar-refractivity contribution in [3.63, 3.8) is 0 Å².